The predicted molar refractivity (Wildman–Crippen MR) is 72.0 cm³/mol. The highest BCUT2D eigenvalue weighted by atomic mass is 16.1. The molecule has 5 nitrogen and oxygen atoms in total. The molecule has 5 heteroatoms. The topological polar surface area (TPSA) is 50.2 Å². The van der Waals surface area contributed by atoms with Crippen LogP contribution < -0.4 is 10.9 Å². The van der Waals surface area contributed by atoms with E-state index >= 15 is 0 Å². The molecule has 0 atom stereocenters. The van der Waals surface area contributed by atoms with Gasteiger partial charge in [0.2, 0.25) is 0 Å². The standard InChI is InChI=1S/C13H16N4O/c1-10-12(8-14-17(3)13(10)18)15-11-6-4-5-7-16(2)9-11/h4-9,15H,1-3H3. The van der Waals surface area contributed by atoms with E-state index in [0.717, 1.165) is 11.4 Å². The van der Waals surface area contributed by atoms with Crippen molar-refractivity contribution < 1.29 is 0 Å². The third-order valence-corrected chi connectivity index (χ3v) is 2.71. The number of hydrogen-bond acceptors (Lipinski definition) is 4. The molecule has 0 aliphatic carbocycles. The van der Waals surface area contributed by atoms with E-state index in [1.54, 1.807) is 20.2 Å². The summed E-state index contributed by atoms with van der Waals surface area (Å²) in [4.78, 5) is 13.7. The van der Waals surface area contributed by atoms with Crippen LogP contribution in [0.15, 0.2) is 47.3 Å². The van der Waals surface area contributed by atoms with E-state index in [4.69, 9.17) is 0 Å². The fourth-order valence-electron chi connectivity index (χ4n) is 1.66. The summed E-state index contributed by atoms with van der Waals surface area (Å²) in [5.41, 5.74) is 2.19. The Bertz CT molecular complexity index is 595. The van der Waals surface area contributed by atoms with Crippen LogP contribution >= 0.6 is 0 Å². The molecule has 1 aliphatic heterocycles. The monoisotopic (exact) mass is 244 g/mol. The van der Waals surface area contributed by atoms with Gasteiger partial charge in [-0.05, 0) is 19.1 Å². The van der Waals surface area contributed by atoms with Gasteiger partial charge in [0.05, 0.1) is 17.6 Å². The highest BCUT2D eigenvalue weighted by molar-refractivity contribution is 5.54. The number of rotatable bonds is 2. The van der Waals surface area contributed by atoms with E-state index in [2.05, 4.69) is 10.4 Å². The lowest BCUT2D eigenvalue weighted by Gasteiger charge is -2.12. The molecule has 0 unspecified atom stereocenters. The molecule has 1 aromatic rings. The minimum atomic E-state index is -0.0929. The van der Waals surface area contributed by atoms with Crippen LogP contribution in [0.2, 0.25) is 0 Å². The molecule has 0 amide bonds. The van der Waals surface area contributed by atoms with Crippen molar-refractivity contribution in [2.24, 2.45) is 7.05 Å². The van der Waals surface area contributed by atoms with Crippen LogP contribution in [0.3, 0.4) is 0 Å². The average Bonchev–Trinajstić information content (AvgIpc) is 2.54. The van der Waals surface area contributed by atoms with Crippen molar-refractivity contribution in [2.75, 3.05) is 12.4 Å². The van der Waals surface area contributed by atoms with E-state index in [-0.39, 0.29) is 5.56 Å². The molecule has 0 bridgehead atoms. The third kappa shape index (κ3) is 2.51. The molecule has 2 rings (SSSR count). The molecule has 2 heterocycles. The Balaban J connectivity index is 2.30. The first-order chi connectivity index (χ1) is 8.58. The quantitative estimate of drug-likeness (QED) is 0.853. The van der Waals surface area contributed by atoms with Crippen LogP contribution in [-0.4, -0.2) is 21.7 Å². The van der Waals surface area contributed by atoms with Crippen LogP contribution in [0.5, 0.6) is 0 Å². The lowest BCUT2D eigenvalue weighted by Crippen LogP contribution is -2.23. The van der Waals surface area contributed by atoms with Crippen LogP contribution in [0.1, 0.15) is 5.56 Å². The van der Waals surface area contributed by atoms with Crippen molar-refractivity contribution in [1.29, 1.82) is 0 Å². The van der Waals surface area contributed by atoms with E-state index in [0.29, 0.717) is 5.56 Å². The summed E-state index contributed by atoms with van der Waals surface area (Å²) in [5, 5.41) is 7.21. The SMILES string of the molecule is Cc1c(NC2=CN(C)C=CC=C2)cnn(C)c1=O. The zero-order valence-electron chi connectivity index (χ0n) is 10.7. The second kappa shape index (κ2) is 4.91. The Hall–Kier alpha value is -2.30. The molecule has 1 aliphatic rings. The minimum absolute atomic E-state index is 0.0929. The van der Waals surface area contributed by atoms with Gasteiger partial charge in [0.1, 0.15) is 0 Å². The van der Waals surface area contributed by atoms with Gasteiger partial charge in [-0.2, -0.15) is 5.10 Å². The van der Waals surface area contributed by atoms with Gasteiger partial charge in [-0.15, -0.1) is 0 Å². The van der Waals surface area contributed by atoms with Gasteiger partial charge in [0.25, 0.3) is 5.56 Å². The zero-order chi connectivity index (χ0) is 13.1. The van der Waals surface area contributed by atoms with Crippen LogP contribution in [0.4, 0.5) is 5.69 Å². The normalized spacial score (nSPS) is 14.4. The molecule has 0 saturated heterocycles. The average molecular weight is 244 g/mol. The highest BCUT2D eigenvalue weighted by Gasteiger charge is 2.06. The molecule has 0 saturated carbocycles. The van der Waals surface area contributed by atoms with Crippen molar-refractivity contribution in [1.82, 2.24) is 14.7 Å². The van der Waals surface area contributed by atoms with Gasteiger partial charge in [-0.3, -0.25) is 4.79 Å². The van der Waals surface area contributed by atoms with E-state index in [9.17, 15) is 4.79 Å². The first-order valence-electron chi connectivity index (χ1n) is 5.66. The highest BCUT2D eigenvalue weighted by Crippen LogP contribution is 2.13. The van der Waals surface area contributed by atoms with Gasteiger partial charge >= 0.3 is 0 Å². The van der Waals surface area contributed by atoms with Crippen molar-refractivity contribution >= 4 is 5.69 Å². The van der Waals surface area contributed by atoms with Gasteiger partial charge in [-0.25, -0.2) is 4.68 Å². The summed E-state index contributed by atoms with van der Waals surface area (Å²) < 4.78 is 1.32. The number of anilines is 1. The lowest BCUT2D eigenvalue weighted by molar-refractivity contribution is 0.623. The van der Waals surface area contributed by atoms with Crippen LogP contribution in [-0.2, 0) is 7.05 Å². The van der Waals surface area contributed by atoms with Gasteiger partial charge in [0.15, 0.2) is 0 Å². The Morgan fingerprint density at radius 2 is 2.06 bits per heavy atom. The Labute approximate surface area is 106 Å². The van der Waals surface area contributed by atoms with Gasteiger partial charge in [0, 0.05) is 32.1 Å². The summed E-state index contributed by atoms with van der Waals surface area (Å²) in [7, 11) is 3.59. The molecule has 1 N–H and O–H groups in total. The van der Waals surface area contributed by atoms with Crippen LogP contribution in [0.25, 0.3) is 0 Å². The molecule has 0 radical (unpaired) electrons. The van der Waals surface area contributed by atoms with Crippen molar-refractivity contribution in [3.05, 3.63) is 58.4 Å². The fourth-order valence-corrected chi connectivity index (χ4v) is 1.66. The number of aryl methyl sites for hydroxylation is 1. The maximum Gasteiger partial charge on any atom is 0.271 e. The summed E-state index contributed by atoms with van der Waals surface area (Å²) >= 11 is 0. The molecule has 0 spiro atoms. The van der Waals surface area contributed by atoms with E-state index in [1.165, 1.54) is 4.68 Å². The zero-order valence-corrected chi connectivity index (χ0v) is 10.7. The number of nitrogens with zero attached hydrogens (tertiary/aromatic N) is 3. The summed E-state index contributed by atoms with van der Waals surface area (Å²) in [6.07, 6.45) is 11.4. The summed E-state index contributed by atoms with van der Waals surface area (Å²) in [6.45, 7) is 1.79. The molecule has 94 valence electrons. The van der Waals surface area contributed by atoms with Gasteiger partial charge in [-0.1, -0.05) is 6.08 Å². The molecule has 0 aromatic carbocycles. The summed E-state index contributed by atoms with van der Waals surface area (Å²) in [5.74, 6) is 0. The largest absolute Gasteiger partial charge is 0.355 e. The third-order valence-electron chi connectivity index (χ3n) is 2.71. The van der Waals surface area contributed by atoms with E-state index < -0.39 is 0 Å². The van der Waals surface area contributed by atoms with Crippen molar-refractivity contribution in [2.45, 2.75) is 6.92 Å². The first-order valence-corrected chi connectivity index (χ1v) is 5.66. The minimum Gasteiger partial charge on any atom is -0.355 e. The first kappa shape index (κ1) is 12.2. The Kier molecular flexibility index (Phi) is 3.32. The predicted octanol–water partition coefficient (Wildman–Crippen LogP) is 1.36. The van der Waals surface area contributed by atoms with E-state index in [1.807, 2.05) is 42.6 Å². The van der Waals surface area contributed by atoms with Crippen LogP contribution in [0, 0.1) is 6.92 Å². The maximum atomic E-state index is 11.8. The maximum absolute atomic E-state index is 11.8. The smallest absolute Gasteiger partial charge is 0.271 e. The fraction of sp³-hybridized carbons (Fsp3) is 0.231. The van der Waals surface area contributed by atoms with Crippen molar-refractivity contribution in [3.63, 3.8) is 0 Å². The molecule has 18 heavy (non-hydrogen) atoms. The van der Waals surface area contributed by atoms with Gasteiger partial charge < -0.3 is 10.2 Å². The number of hydrogen-bond donors (Lipinski definition) is 1. The lowest BCUT2D eigenvalue weighted by atomic mass is 10.2. The Morgan fingerprint density at radius 3 is 2.83 bits per heavy atom. The molecule has 1 aromatic heterocycles. The van der Waals surface area contributed by atoms with Crippen molar-refractivity contribution in [3.8, 4) is 0 Å². The summed E-state index contributed by atoms with van der Waals surface area (Å²) in [6, 6.07) is 0. The number of nitrogens with one attached hydrogen (secondary N) is 1. The molecular formula is C13H16N4O. The number of allylic oxidation sites excluding steroid dienone is 3. The second-order valence-corrected chi connectivity index (χ2v) is 4.19. The molecular weight excluding hydrogens is 228 g/mol. The Morgan fingerprint density at radius 1 is 1.28 bits per heavy atom. The molecule has 0 fully saturated rings. The second-order valence-electron chi connectivity index (χ2n) is 4.19. The number of aromatic nitrogens is 2.